The van der Waals surface area contributed by atoms with E-state index in [1.165, 1.54) is 25.1 Å². The standard InChI is InChI=1S/C22H19ClO7/c1-4-27-22(26)14-5-7-15(8-6-14)29-20-13(3)28-18-11-16(30-21(25)12(2)23)9-10-17(18)19(20)24/h5-12H,4H2,1-3H3. The van der Waals surface area contributed by atoms with Gasteiger partial charge in [0.15, 0.2) is 0 Å². The van der Waals surface area contributed by atoms with E-state index in [2.05, 4.69) is 0 Å². The minimum absolute atomic E-state index is 0.0190. The van der Waals surface area contributed by atoms with Crippen LogP contribution in [0.4, 0.5) is 0 Å². The van der Waals surface area contributed by atoms with Crippen molar-refractivity contribution in [1.82, 2.24) is 0 Å². The van der Waals surface area contributed by atoms with Gasteiger partial charge in [0.05, 0.1) is 17.6 Å². The van der Waals surface area contributed by atoms with Gasteiger partial charge in [-0.3, -0.25) is 9.59 Å². The summed E-state index contributed by atoms with van der Waals surface area (Å²) in [5.74, 6) is -0.210. The first-order valence-electron chi connectivity index (χ1n) is 9.18. The lowest BCUT2D eigenvalue weighted by Crippen LogP contribution is -2.17. The molecule has 1 heterocycles. The Kier molecular flexibility index (Phi) is 6.42. The zero-order chi connectivity index (χ0) is 21.8. The number of hydrogen-bond donors (Lipinski definition) is 0. The minimum Gasteiger partial charge on any atom is -0.462 e. The second-order valence-corrected chi connectivity index (χ2v) is 7.01. The zero-order valence-electron chi connectivity index (χ0n) is 16.6. The highest BCUT2D eigenvalue weighted by molar-refractivity contribution is 6.29. The molecule has 2 aromatic carbocycles. The normalized spacial score (nSPS) is 11.7. The van der Waals surface area contributed by atoms with Crippen LogP contribution >= 0.6 is 11.6 Å². The van der Waals surface area contributed by atoms with Crippen LogP contribution in [0.3, 0.4) is 0 Å². The second kappa shape index (κ2) is 9.00. The minimum atomic E-state index is -0.805. The number of aryl methyl sites for hydroxylation is 1. The van der Waals surface area contributed by atoms with Gasteiger partial charge in [-0.05, 0) is 57.2 Å². The Morgan fingerprint density at radius 3 is 2.40 bits per heavy atom. The Morgan fingerprint density at radius 2 is 1.77 bits per heavy atom. The molecule has 3 aromatic rings. The number of ether oxygens (including phenoxy) is 3. The van der Waals surface area contributed by atoms with Crippen molar-refractivity contribution in [1.29, 1.82) is 0 Å². The molecule has 156 valence electrons. The van der Waals surface area contributed by atoms with Gasteiger partial charge in [-0.15, -0.1) is 11.6 Å². The van der Waals surface area contributed by atoms with Crippen molar-refractivity contribution in [3.63, 3.8) is 0 Å². The Balaban J connectivity index is 1.89. The van der Waals surface area contributed by atoms with E-state index < -0.39 is 17.3 Å². The summed E-state index contributed by atoms with van der Waals surface area (Å²) in [5, 5.41) is -0.544. The molecule has 3 rings (SSSR count). The molecule has 1 aromatic heterocycles. The molecule has 0 saturated heterocycles. The van der Waals surface area contributed by atoms with Crippen molar-refractivity contribution in [2.45, 2.75) is 26.1 Å². The molecule has 0 fully saturated rings. The topological polar surface area (TPSA) is 92.0 Å². The van der Waals surface area contributed by atoms with Crippen LogP contribution in [0.15, 0.2) is 51.7 Å². The van der Waals surface area contributed by atoms with E-state index in [4.69, 9.17) is 30.2 Å². The largest absolute Gasteiger partial charge is 0.462 e. The summed E-state index contributed by atoms with van der Waals surface area (Å²) in [5.41, 5.74) is 0.238. The highest BCUT2D eigenvalue weighted by Gasteiger charge is 2.17. The second-order valence-electron chi connectivity index (χ2n) is 6.36. The Labute approximate surface area is 177 Å². The molecule has 0 N–H and O–H groups in total. The predicted molar refractivity (Wildman–Crippen MR) is 111 cm³/mol. The fourth-order valence-electron chi connectivity index (χ4n) is 2.64. The fraction of sp³-hybridized carbons (Fsp3) is 0.227. The lowest BCUT2D eigenvalue weighted by Gasteiger charge is -2.10. The van der Waals surface area contributed by atoms with E-state index >= 15 is 0 Å². The summed E-state index contributed by atoms with van der Waals surface area (Å²) >= 11 is 5.70. The number of esters is 2. The number of carbonyl (C=O) groups is 2. The van der Waals surface area contributed by atoms with Gasteiger partial charge in [0.25, 0.3) is 0 Å². The number of carbonyl (C=O) groups excluding carboxylic acids is 2. The molecule has 0 aliphatic heterocycles. The van der Waals surface area contributed by atoms with Crippen molar-refractivity contribution in [2.24, 2.45) is 0 Å². The number of alkyl halides is 1. The van der Waals surface area contributed by atoms with E-state index in [0.29, 0.717) is 11.3 Å². The first-order chi connectivity index (χ1) is 14.3. The first kappa shape index (κ1) is 21.4. The molecular formula is C22H19ClO7. The van der Waals surface area contributed by atoms with Crippen LogP contribution in [0.25, 0.3) is 11.0 Å². The van der Waals surface area contributed by atoms with E-state index in [1.807, 2.05) is 0 Å². The van der Waals surface area contributed by atoms with Crippen LogP contribution in [0.1, 0.15) is 30.0 Å². The van der Waals surface area contributed by atoms with Crippen LogP contribution < -0.4 is 14.9 Å². The van der Waals surface area contributed by atoms with E-state index in [-0.39, 0.29) is 40.3 Å². The number of hydrogen-bond acceptors (Lipinski definition) is 7. The smallest absolute Gasteiger partial charge is 0.338 e. The highest BCUT2D eigenvalue weighted by atomic mass is 35.5. The van der Waals surface area contributed by atoms with Crippen molar-refractivity contribution in [2.75, 3.05) is 6.61 Å². The van der Waals surface area contributed by atoms with Crippen LogP contribution in [0.5, 0.6) is 17.2 Å². The van der Waals surface area contributed by atoms with Crippen LogP contribution in [-0.2, 0) is 9.53 Å². The molecule has 0 amide bonds. The lowest BCUT2D eigenvalue weighted by molar-refractivity contribution is -0.133. The van der Waals surface area contributed by atoms with Gasteiger partial charge in [0.2, 0.25) is 11.2 Å². The highest BCUT2D eigenvalue weighted by Crippen LogP contribution is 2.27. The molecular weight excluding hydrogens is 412 g/mol. The molecule has 0 radical (unpaired) electrons. The fourth-order valence-corrected chi connectivity index (χ4v) is 2.68. The number of benzene rings is 2. The Hall–Kier alpha value is -3.32. The summed E-state index contributed by atoms with van der Waals surface area (Å²) in [6, 6.07) is 10.6. The monoisotopic (exact) mass is 430 g/mol. The number of halogens is 1. The third kappa shape index (κ3) is 4.63. The molecule has 1 unspecified atom stereocenters. The maximum absolute atomic E-state index is 12.9. The Morgan fingerprint density at radius 1 is 1.10 bits per heavy atom. The predicted octanol–water partition coefficient (Wildman–Crippen LogP) is 4.60. The summed E-state index contributed by atoms with van der Waals surface area (Å²) in [4.78, 5) is 36.2. The quantitative estimate of drug-likeness (QED) is 0.320. The van der Waals surface area contributed by atoms with Crippen LogP contribution in [-0.4, -0.2) is 23.9 Å². The van der Waals surface area contributed by atoms with Crippen molar-refractivity contribution in [3.05, 3.63) is 64.0 Å². The van der Waals surface area contributed by atoms with Crippen molar-refractivity contribution in [3.8, 4) is 17.2 Å². The van der Waals surface area contributed by atoms with Crippen molar-refractivity contribution < 1.29 is 28.2 Å². The third-order valence-corrected chi connectivity index (χ3v) is 4.29. The van der Waals surface area contributed by atoms with E-state index in [1.54, 1.807) is 38.1 Å². The summed E-state index contributed by atoms with van der Waals surface area (Å²) in [6.07, 6.45) is 0. The summed E-state index contributed by atoms with van der Waals surface area (Å²) < 4.78 is 21.5. The molecule has 8 heteroatoms. The molecule has 0 spiro atoms. The van der Waals surface area contributed by atoms with Gasteiger partial charge in [0, 0.05) is 6.07 Å². The van der Waals surface area contributed by atoms with Crippen LogP contribution in [0.2, 0.25) is 0 Å². The van der Waals surface area contributed by atoms with E-state index in [9.17, 15) is 14.4 Å². The Bertz CT molecular complexity index is 1150. The number of rotatable bonds is 6. The maximum Gasteiger partial charge on any atom is 0.338 e. The van der Waals surface area contributed by atoms with Gasteiger partial charge in [-0.25, -0.2) is 4.79 Å². The molecule has 0 aliphatic carbocycles. The van der Waals surface area contributed by atoms with Crippen molar-refractivity contribution >= 4 is 34.5 Å². The average Bonchev–Trinajstić information content (AvgIpc) is 2.71. The van der Waals surface area contributed by atoms with Gasteiger partial charge in [-0.1, -0.05) is 0 Å². The molecule has 0 bridgehead atoms. The molecule has 7 nitrogen and oxygen atoms in total. The maximum atomic E-state index is 12.9. The molecule has 0 saturated carbocycles. The third-order valence-electron chi connectivity index (χ3n) is 4.12. The van der Waals surface area contributed by atoms with E-state index in [0.717, 1.165) is 0 Å². The SMILES string of the molecule is CCOC(=O)c1ccc(Oc2c(C)oc3cc(OC(=O)C(C)Cl)ccc3c2=O)cc1. The van der Waals surface area contributed by atoms with Gasteiger partial charge in [0.1, 0.15) is 28.2 Å². The number of fused-ring (bicyclic) bond motifs is 1. The van der Waals surface area contributed by atoms with Gasteiger partial charge in [-0.2, -0.15) is 0 Å². The van der Waals surface area contributed by atoms with Gasteiger partial charge < -0.3 is 18.6 Å². The van der Waals surface area contributed by atoms with Crippen LogP contribution in [0, 0.1) is 6.92 Å². The summed E-state index contributed by atoms with van der Waals surface area (Å²) in [6.45, 7) is 5.09. The zero-order valence-corrected chi connectivity index (χ0v) is 17.3. The lowest BCUT2D eigenvalue weighted by atomic mass is 10.2. The average molecular weight is 431 g/mol. The first-order valence-corrected chi connectivity index (χ1v) is 9.62. The van der Waals surface area contributed by atoms with Gasteiger partial charge >= 0.3 is 11.9 Å². The molecule has 0 aliphatic rings. The molecule has 1 atom stereocenters. The summed E-state index contributed by atoms with van der Waals surface area (Å²) in [7, 11) is 0. The molecule has 30 heavy (non-hydrogen) atoms.